The van der Waals surface area contributed by atoms with Crippen molar-refractivity contribution >= 4 is 5.91 Å². The molecule has 0 aromatic rings. The predicted molar refractivity (Wildman–Crippen MR) is 78.5 cm³/mol. The van der Waals surface area contributed by atoms with E-state index in [1.807, 2.05) is 0 Å². The van der Waals surface area contributed by atoms with Crippen LogP contribution in [0.3, 0.4) is 0 Å². The van der Waals surface area contributed by atoms with Gasteiger partial charge in [-0.2, -0.15) is 0 Å². The summed E-state index contributed by atoms with van der Waals surface area (Å²) in [6, 6.07) is 0.527. The highest BCUT2D eigenvalue weighted by molar-refractivity contribution is 5.77. The molecule has 0 spiro atoms. The molecule has 4 nitrogen and oxygen atoms in total. The molecule has 3 rings (SSSR count). The molecule has 2 heterocycles. The molecule has 2 atom stereocenters. The second-order valence-electron chi connectivity index (χ2n) is 6.60. The van der Waals surface area contributed by atoms with Gasteiger partial charge in [0, 0.05) is 25.7 Å². The predicted octanol–water partition coefficient (Wildman–Crippen LogP) is 1.94. The Bertz CT molecular complexity index is 322. The third kappa shape index (κ3) is 3.34. The van der Waals surface area contributed by atoms with Crippen LogP contribution in [0.4, 0.5) is 0 Å². The lowest BCUT2D eigenvalue weighted by molar-refractivity contribution is -0.136. The number of hydrogen-bond acceptors (Lipinski definition) is 3. The van der Waals surface area contributed by atoms with Gasteiger partial charge in [-0.25, -0.2) is 0 Å². The van der Waals surface area contributed by atoms with E-state index in [4.69, 9.17) is 4.74 Å². The molecule has 4 heteroatoms. The third-order valence-electron chi connectivity index (χ3n) is 5.22. The van der Waals surface area contributed by atoms with Crippen LogP contribution in [0.1, 0.15) is 51.4 Å². The number of nitrogens with one attached hydrogen (secondary N) is 1. The standard InChI is InChI=1S/C16H28N2O2/c19-16(11-14-12-17-8-10-20-14)18-9-4-7-15(18)13-5-2-1-3-6-13/h13-15,17H,1-12H2. The summed E-state index contributed by atoms with van der Waals surface area (Å²) in [4.78, 5) is 14.8. The van der Waals surface area contributed by atoms with E-state index >= 15 is 0 Å². The van der Waals surface area contributed by atoms with Crippen LogP contribution in [0.2, 0.25) is 0 Å². The van der Waals surface area contributed by atoms with Crippen molar-refractivity contribution in [2.45, 2.75) is 63.5 Å². The van der Waals surface area contributed by atoms with Crippen molar-refractivity contribution in [1.82, 2.24) is 10.2 Å². The van der Waals surface area contributed by atoms with E-state index in [0.717, 1.165) is 32.2 Å². The minimum atomic E-state index is 0.0869. The summed E-state index contributed by atoms with van der Waals surface area (Å²) >= 11 is 0. The van der Waals surface area contributed by atoms with Gasteiger partial charge in [0.15, 0.2) is 0 Å². The minimum absolute atomic E-state index is 0.0869. The Morgan fingerprint density at radius 2 is 2.00 bits per heavy atom. The number of carbonyl (C=O) groups excluding carboxylic acids is 1. The van der Waals surface area contributed by atoms with E-state index in [9.17, 15) is 4.79 Å². The molecule has 0 bridgehead atoms. The first-order chi connectivity index (χ1) is 9.84. The molecule has 0 aromatic heterocycles. The van der Waals surface area contributed by atoms with Crippen LogP contribution in [-0.4, -0.2) is 49.2 Å². The molecule has 2 saturated heterocycles. The molecule has 1 N–H and O–H groups in total. The summed E-state index contributed by atoms with van der Waals surface area (Å²) in [5, 5.41) is 3.31. The molecule has 3 fully saturated rings. The lowest BCUT2D eigenvalue weighted by Crippen LogP contribution is -2.45. The van der Waals surface area contributed by atoms with Gasteiger partial charge >= 0.3 is 0 Å². The molecule has 1 aliphatic carbocycles. The maximum absolute atomic E-state index is 12.6. The van der Waals surface area contributed by atoms with Gasteiger partial charge in [0.05, 0.1) is 19.1 Å². The number of rotatable bonds is 3. The monoisotopic (exact) mass is 280 g/mol. The van der Waals surface area contributed by atoms with Crippen LogP contribution >= 0.6 is 0 Å². The first kappa shape index (κ1) is 14.3. The number of ether oxygens (including phenoxy) is 1. The van der Waals surface area contributed by atoms with Gasteiger partial charge in [-0.15, -0.1) is 0 Å². The van der Waals surface area contributed by atoms with E-state index in [1.54, 1.807) is 0 Å². The smallest absolute Gasteiger partial charge is 0.225 e. The normalized spacial score (nSPS) is 32.5. The maximum atomic E-state index is 12.6. The number of morpholine rings is 1. The van der Waals surface area contributed by atoms with Gasteiger partial charge in [0.2, 0.25) is 5.91 Å². The Labute approximate surface area is 122 Å². The average Bonchev–Trinajstić information content (AvgIpc) is 2.99. The molecule has 2 unspecified atom stereocenters. The molecule has 2 aliphatic heterocycles. The van der Waals surface area contributed by atoms with Crippen LogP contribution in [0.15, 0.2) is 0 Å². The van der Waals surface area contributed by atoms with Crippen molar-refractivity contribution in [2.75, 3.05) is 26.2 Å². The molecule has 114 valence electrons. The van der Waals surface area contributed by atoms with E-state index in [-0.39, 0.29) is 6.10 Å². The highest BCUT2D eigenvalue weighted by Gasteiger charge is 2.35. The second-order valence-corrected chi connectivity index (χ2v) is 6.60. The molecule has 0 radical (unpaired) electrons. The molecular weight excluding hydrogens is 252 g/mol. The Hall–Kier alpha value is -0.610. The highest BCUT2D eigenvalue weighted by atomic mass is 16.5. The number of likely N-dealkylation sites (tertiary alicyclic amines) is 1. The van der Waals surface area contributed by atoms with Gasteiger partial charge in [0.1, 0.15) is 0 Å². The van der Waals surface area contributed by atoms with Crippen LogP contribution in [0.5, 0.6) is 0 Å². The Kier molecular flexibility index (Phi) is 4.94. The number of hydrogen-bond donors (Lipinski definition) is 1. The van der Waals surface area contributed by atoms with E-state index in [2.05, 4.69) is 10.2 Å². The molecule has 1 amide bonds. The SMILES string of the molecule is O=C(CC1CNCCO1)N1CCCC1C1CCCCC1. The zero-order chi connectivity index (χ0) is 13.8. The van der Waals surface area contributed by atoms with Crippen molar-refractivity contribution < 1.29 is 9.53 Å². The van der Waals surface area contributed by atoms with Crippen molar-refractivity contribution in [1.29, 1.82) is 0 Å². The Morgan fingerprint density at radius 1 is 1.15 bits per heavy atom. The quantitative estimate of drug-likeness (QED) is 0.859. The van der Waals surface area contributed by atoms with E-state index < -0.39 is 0 Å². The Morgan fingerprint density at radius 3 is 2.75 bits per heavy atom. The van der Waals surface area contributed by atoms with Gasteiger partial charge in [-0.3, -0.25) is 4.79 Å². The van der Waals surface area contributed by atoms with Crippen LogP contribution in [0, 0.1) is 5.92 Å². The van der Waals surface area contributed by atoms with Crippen molar-refractivity contribution in [3.63, 3.8) is 0 Å². The summed E-state index contributed by atoms with van der Waals surface area (Å²) in [6.45, 7) is 3.46. The third-order valence-corrected chi connectivity index (χ3v) is 5.22. The van der Waals surface area contributed by atoms with Crippen molar-refractivity contribution in [2.24, 2.45) is 5.92 Å². The van der Waals surface area contributed by atoms with Crippen molar-refractivity contribution in [3.8, 4) is 0 Å². The lowest BCUT2D eigenvalue weighted by Gasteiger charge is -2.35. The Balaban J connectivity index is 1.55. The van der Waals surface area contributed by atoms with Crippen LogP contribution in [-0.2, 0) is 9.53 Å². The van der Waals surface area contributed by atoms with Gasteiger partial charge in [0.25, 0.3) is 0 Å². The number of carbonyl (C=O) groups is 1. The molecule has 20 heavy (non-hydrogen) atoms. The minimum Gasteiger partial charge on any atom is -0.375 e. The molecule has 0 aromatic carbocycles. The summed E-state index contributed by atoms with van der Waals surface area (Å²) in [6.07, 6.45) is 9.83. The number of nitrogens with zero attached hydrogens (tertiary/aromatic N) is 1. The second kappa shape index (κ2) is 6.90. The van der Waals surface area contributed by atoms with Crippen LogP contribution < -0.4 is 5.32 Å². The van der Waals surface area contributed by atoms with E-state index in [1.165, 1.54) is 44.9 Å². The molecular formula is C16H28N2O2. The number of amides is 1. The lowest BCUT2D eigenvalue weighted by atomic mass is 9.83. The fourth-order valence-corrected chi connectivity index (χ4v) is 4.17. The van der Waals surface area contributed by atoms with Crippen molar-refractivity contribution in [3.05, 3.63) is 0 Å². The fraction of sp³-hybridized carbons (Fsp3) is 0.938. The summed E-state index contributed by atoms with van der Waals surface area (Å²) in [5.74, 6) is 1.09. The van der Waals surface area contributed by atoms with Gasteiger partial charge in [-0.05, 0) is 31.6 Å². The molecule has 3 aliphatic rings. The first-order valence-electron chi connectivity index (χ1n) is 8.46. The molecule has 1 saturated carbocycles. The zero-order valence-corrected chi connectivity index (χ0v) is 12.5. The van der Waals surface area contributed by atoms with Gasteiger partial charge < -0.3 is 15.0 Å². The zero-order valence-electron chi connectivity index (χ0n) is 12.5. The fourth-order valence-electron chi connectivity index (χ4n) is 4.17. The van der Waals surface area contributed by atoms with E-state index in [0.29, 0.717) is 18.4 Å². The maximum Gasteiger partial charge on any atom is 0.225 e. The summed E-state index contributed by atoms with van der Waals surface area (Å²) in [5.41, 5.74) is 0. The van der Waals surface area contributed by atoms with Crippen LogP contribution in [0.25, 0.3) is 0 Å². The topological polar surface area (TPSA) is 41.6 Å². The largest absolute Gasteiger partial charge is 0.375 e. The first-order valence-corrected chi connectivity index (χ1v) is 8.46. The average molecular weight is 280 g/mol. The highest BCUT2D eigenvalue weighted by Crippen LogP contribution is 2.34. The van der Waals surface area contributed by atoms with Gasteiger partial charge in [-0.1, -0.05) is 19.3 Å². The summed E-state index contributed by atoms with van der Waals surface area (Å²) < 4.78 is 5.68. The summed E-state index contributed by atoms with van der Waals surface area (Å²) in [7, 11) is 0.